The van der Waals surface area contributed by atoms with Crippen molar-refractivity contribution in [2.24, 2.45) is 0 Å². The second kappa shape index (κ2) is 6.21. The maximum Gasteiger partial charge on any atom is 0.534 e. The van der Waals surface area contributed by atoms with E-state index < -0.39 is 39.4 Å². The number of nitrogens with zero attached hydrogens (tertiary/aromatic N) is 1. The summed E-state index contributed by atoms with van der Waals surface area (Å²) in [5.74, 6) is -0.345. The summed E-state index contributed by atoms with van der Waals surface area (Å²) in [6.07, 6.45) is 0.359. The Kier molecular flexibility index (Phi) is 5.30. The number of carbonyl (C=O) groups is 1. The van der Waals surface area contributed by atoms with Crippen LogP contribution in [0.2, 0.25) is 0 Å². The van der Waals surface area contributed by atoms with E-state index >= 15 is 0 Å². The Morgan fingerprint density at radius 1 is 1.26 bits per heavy atom. The van der Waals surface area contributed by atoms with Crippen molar-refractivity contribution >= 4 is 16.2 Å². The molecule has 0 radical (unpaired) electrons. The summed E-state index contributed by atoms with van der Waals surface area (Å²) in [7, 11) is -5.71. The lowest BCUT2D eigenvalue weighted by Crippen LogP contribution is -2.49. The quantitative estimate of drug-likeness (QED) is 0.559. The van der Waals surface area contributed by atoms with Gasteiger partial charge < -0.3 is 8.92 Å². The van der Waals surface area contributed by atoms with Gasteiger partial charge in [0, 0.05) is 12.5 Å². The third-order valence-corrected chi connectivity index (χ3v) is 3.94. The van der Waals surface area contributed by atoms with Gasteiger partial charge in [0.25, 0.3) is 0 Å². The molecule has 0 saturated heterocycles. The van der Waals surface area contributed by atoms with Gasteiger partial charge in [-0.2, -0.15) is 21.6 Å². The van der Waals surface area contributed by atoms with Crippen LogP contribution in [0.4, 0.5) is 18.0 Å². The van der Waals surface area contributed by atoms with Crippen molar-refractivity contribution in [3.8, 4) is 0 Å². The van der Waals surface area contributed by atoms with E-state index in [2.05, 4.69) is 4.18 Å². The monoisotopic (exact) mass is 359 g/mol. The van der Waals surface area contributed by atoms with Gasteiger partial charge in [-0.1, -0.05) is 0 Å². The van der Waals surface area contributed by atoms with E-state index in [-0.39, 0.29) is 12.2 Å². The Labute approximate surface area is 133 Å². The van der Waals surface area contributed by atoms with Gasteiger partial charge in [-0.25, -0.2) is 4.79 Å². The molecule has 0 aromatic heterocycles. The second-order valence-electron chi connectivity index (χ2n) is 6.30. The van der Waals surface area contributed by atoms with Crippen LogP contribution in [-0.4, -0.2) is 42.6 Å². The number of carbonyl (C=O) groups excluding carboxylic acids is 1. The van der Waals surface area contributed by atoms with Crippen LogP contribution in [0.3, 0.4) is 0 Å². The van der Waals surface area contributed by atoms with Gasteiger partial charge in [-0.05, 0) is 40.7 Å². The second-order valence-corrected chi connectivity index (χ2v) is 7.84. The fraction of sp³-hybridized carbons (Fsp3) is 0.769. The number of hydrogen-bond donors (Lipinski definition) is 0. The molecule has 6 nitrogen and oxygen atoms in total. The first-order valence-electron chi connectivity index (χ1n) is 6.87. The van der Waals surface area contributed by atoms with E-state index in [1.807, 2.05) is 0 Å². The molecular formula is C13H20F3NO5S. The van der Waals surface area contributed by atoms with Gasteiger partial charge in [-0.15, -0.1) is 0 Å². The number of halogens is 3. The first-order valence-corrected chi connectivity index (χ1v) is 8.27. The van der Waals surface area contributed by atoms with Crippen LogP contribution in [0.25, 0.3) is 0 Å². The molecule has 0 aromatic carbocycles. The van der Waals surface area contributed by atoms with Gasteiger partial charge in [0.15, 0.2) is 0 Å². The van der Waals surface area contributed by atoms with E-state index in [0.29, 0.717) is 0 Å². The Morgan fingerprint density at radius 2 is 1.78 bits per heavy atom. The summed E-state index contributed by atoms with van der Waals surface area (Å²) in [5, 5.41) is 0. The molecule has 2 atom stereocenters. The lowest BCUT2D eigenvalue weighted by Gasteiger charge is -2.38. The van der Waals surface area contributed by atoms with E-state index in [0.717, 1.165) is 6.08 Å². The van der Waals surface area contributed by atoms with Crippen LogP contribution in [-0.2, 0) is 19.0 Å². The van der Waals surface area contributed by atoms with E-state index in [4.69, 9.17) is 4.74 Å². The number of rotatable bonds is 2. The standard InChI is InChI=1S/C13H20F3NO5S/c1-8-6-10(22-23(19,20)13(14,15)16)7-9(2)17(8)11(18)21-12(3,4)5/h6,8-9H,7H2,1-5H3/t8-,9-/m1/s1. The highest BCUT2D eigenvalue weighted by atomic mass is 32.2. The highest BCUT2D eigenvalue weighted by Crippen LogP contribution is 2.31. The highest BCUT2D eigenvalue weighted by Gasteiger charge is 2.49. The number of alkyl halides is 3. The zero-order valence-corrected chi connectivity index (χ0v) is 14.3. The molecule has 0 aromatic rings. The predicted molar refractivity (Wildman–Crippen MR) is 75.8 cm³/mol. The zero-order chi connectivity index (χ0) is 18.2. The van der Waals surface area contributed by atoms with Crippen molar-refractivity contribution in [3.63, 3.8) is 0 Å². The highest BCUT2D eigenvalue weighted by molar-refractivity contribution is 7.87. The fourth-order valence-electron chi connectivity index (χ4n) is 2.12. The summed E-state index contributed by atoms with van der Waals surface area (Å²) in [4.78, 5) is 13.4. The lowest BCUT2D eigenvalue weighted by molar-refractivity contribution is -0.0529. The van der Waals surface area contributed by atoms with Crippen molar-refractivity contribution in [1.82, 2.24) is 4.90 Å². The smallest absolute Gasteiger partial charge is 0.444 e. The minimum absolute atomic E-state index is 0.168. The predicted octanol–water partition coefficient (Wildman–Crippen LogP) is 3.15. The van der Waals surface area contributed by atoms with Crippen molar-refractivity contribution in [1.29, 1.82) is 0 Å². The minimum Gasteiger partial charge on any atom is -0.444 e. The average molecular weight is 359 g/mol. The Morgan fingerprint density at radius 3 is 2.17 bits per heavy atom. The van der Waals surface area contributed by atoms with Crippen LogP contribution in [0.15, 0.2) is 11.8 Å². The summed E-state index contributed by atoms with van der Waals surface area (Å²) < 4.78 is 68.5. The first-order chi connectivity index (χ1) is 10.1. The number of ether oxygens (including phenoxy) is 1. The fourth-order valence-corrected chi connectivity index (χ4v) is 2.62. The number of hydrogen-bond acceptors (Lipinski definition) is 5. The number of amides is 1. The molecule has 1 heterocycles. The molecule has 1 aliphatic rings. The van der Waals surface area contributed by atoms with Crippen molar-refractivity contribution in [3.05, 3.63) is 11.8 Å². The maximum atomic E-state index is 12.3. The zero-order valence-electron chi connectivity index (χ0n) is 13.5. The van der Waals surface area contributed by atoms with Crippen LogP contribution in [0.1, 0.15) is 41.0 Å². The molecule has 0 N–H and O–H groups in total. The topological polar surface area (TPSA) is 72.9 Å². The molecule has 0 bridgehead atoms. The summed E-state index contributed by atoms with van der Waals surface area (Å²) >= 11 is 0. The average Bonchev–Trinajstić information content (AvgIpc) is 2.22. The molecule has 23 heavy (non-hydrogen) atoms. The Balaban J connectivity index is 2.94. The molecule has 10 heteroatoms. The van der Waals surface area contributed by atoms with Crippen molar-refractivity contribution in [2.75, 3.05) is 0 Å². The van der Waals surface area contributed by atoms with Crippen LogP contribution in [0, 0.1) is 0 Å². The molecule has 0 aliphatic carbocycles. The normalized spacial score (nSPS) is 23.3. The summed E-state index contributed by atoms with van der Waals surface area (Å²) in [5.41, 5.74) is -6.22. The van der Waals surface area contributed by atoms with Gasteiger partial charge >= 0.3 is 21.7 Å². The van der Waals surface area contributed by atoms with E-state index in [1.54, 1.807) is 27.7 Å². The van der Waals surface area contributed by atoms with Crippen LogP contribution < -0.4 is 0 Å². The minimum atomic E-state index is -5.71. The largest absolute Gasteiger partial charge is 0.534 e. The van der Waals surface area contributed by atoms with Crippen LogP contribution in [0.5, 0.6) is 0 Å². The van der Waals surface area contributed by atoms with Crippen molar-refractivity contribution < 1.29 is 35.3 Å². The van der Waals surface area contributed by atoms with Gasteiger partial charge in [0.1, 0.15) is 11.4 Å². The molecular weight excluding hydrogens is 339 g/mol. The van der Waals surface area contributed by atoms with Crippen LogP contribution >= 0.6 is 0 Å². The summed E-state index contributed by atoms with van der Waals surface area (Å²) in [6, 6.07) is -1.25. The van der Waals surface area contributed by atoms with E-state index in [1.165, 1.54) is 11.8 Å². The molecule has 134 valence electrons. The SMILES string of the molecule is C[C@@H]1C=C(OS(=O)(=O)C(F)(F)F)C[C@@H](C)N1C(=O)OC(C)(C)C. The Hall–Kier alpha value is -1.45. The van der Waals surface area contributed by atoms with E-state index in [9.17, 15) is 26.4 Å². The molecule has 0 saturated carbocycles. The molecule has 1 aliphatic heterocycles. The third-order valence-electron chi connectivity index (χ3n) is 2.94. The molecule has 0 fully saturated rings. The van der Waals surface area contributed by atoms with Crippen molar-refractivity contribution in [2.45, 2.75) is 64.2 Å². The lowest BCUT2D eigenvalue weighted by atomic mass is 10.0. The Bertz CT molecular complexity index is 592. The molecule has 0 unspecified atom stereocenters. The maximum absolute atomic E-state index is 12.3. The van der Waals surface area contributed by atoms with Gasteiger partial charge in [0.2, 0.25) is 0 Å². The summed E-state index contributed by atoms with van der Waals surface area (Å²) in [6.45, 7) is 8.15. The molecule has 1 rings (SSSR count). The first kappa shape index (κ1) is 19.6. The van der Waals surface area contributed by atoms with Gasteiger partial charge in [-0.3, -0.25) is 4.90 Å². The third kappa shape index (κ3) is 5.02. The molecule has 1 amide bonds. The molecule has 0 spiro atoms. The van der Waals surface area contributed by atoms with Gasteiger partial charge in [0.05, 0.1) is 6.04 Å².